The molecule has 0 amide bonds. The van der Waals surface area contributed by atoms with Crippen LogP contribution in [0.2, 0.25) is 0 Å². The Morgan fingerprint density at radius 1 is 1.25 bits per heavy atom. The minimum atomic E-state index is -0.504. The van der Waals surface area contributed by atoms with Gasteiger partial charge in [-0.1, -0.05) is 29.5 Å². The lowest BCUT2D eigenvalue weighted by atomic mass is 10.2. The minimum absolute atomic E-state index is 0.0774. The van der Waals surface area contributed by atoms with Crippen molar-refractivity contribution >= 4 is 34.0 Å². The van der Waals surface area contributed by atoms with Crippen LogP contribution in [0.5, 0.6) is 0 Å². The lowest BCUT2D eigenvalue weighted by molar-refractivity contribution is 0.0462. The predicted molar refractivity (Wildman–Crippen MR) is 108 cm³/mol. The van der Waals surface area contributed by atoms with Crippen molar-refractivity contribution in [3.05, 3.63) is 87.4 Å². The van der Waals surface area contributed by atoms with Crippen molar-refractivity contribution in [2.75, 3.05) is 0 Å². The van der Waals surface area contributed by atoms with Crippen LogP contribution >= 0.6 is 23.1 Å². The van der Waals surface area contributed by atoms with E-state index in [1.54, 1.807) is 29.9 Å². The van der Waals surface area contributed by atoms with Gasteiger partial charge in [0.15, 0.2) is 4.96 Å². The lowest BCUT2D eigenvalue weighted by Gasteiger charge is -2.08. The van der Waals surface area contributed by atoms with Gasteiger partial charge in [0.2, 0.25) is 0 Å². The molecule has 0 aliphatic rings. The molecule has 4 aromatic rings. The molecule has 0 aliphatic heterocycles. The lowest BCUT2D eigenvalue weighted by Crippen LogP contribution is -2.15. The summed E-state index contributed by atoms with van der Waals surface area (Å²) in [5.41, 5.74) is 1.75. The first-order valence-electron chi connectivity index (χ1n) is 8.42. The molecule has 0 saturated carbocycles. The SMILES string of the molecule is Cc1ccc(Sc2ncccc2C(=O)OCc2cc(=O)n3ccsc3n2)cc1. The maximum Gasteiger partial charge on any atom is 0.341 e. The van der Waals surface area contributed by atoms with E-state index in [-0.39, 0.29) is 12.2 Å². The number of ether oxygens (including phenoxy) is 1. The molecule has 0 atom stereocenters. The van der Waals surface area contributed by atoms with Gasteiger partial charge in [0.05, 0.1) is 11.3 Å². The molecule has 8 heteroatoms. The van der Waals surface area contributed by atoms with Crippen molar-refractivity contribution in [1.82, 2.24) is 14.4 Å². The molecule has 3 aromatic heterocycles. The molecular formula is C20H15N3O3S2. The number of hydrogen-bond donors (Lipinski definition) is 0. The highest BCUT2D eigenvalue weighted by molar-refractivity contribution is 7.99. The van der Waals surface area contributed by atoms with E-state index in [2.05, 4.69) is 9.97 Å². The van der Waals surface area contributed by atoms with Gasteiger partial charge < -0.3 is 4.74 Å². The highest BCUT2D eigenvalue weighted by atomic mass is 32.2. The average Bonchev–Trinajstić information content (AvgIpc) is 3.18. The Morgan fingerprint density at radius 2 is 2.07 bits per heavy atom. The number of aryl methyl sites for hydroxylation is 1. The summed E-state index contributed by atoms with van der Waals surface area (Å²) in [6.07, 6.45) is 3.30. The van der Waals surface area contributed by atoms with E-state index in [0.717, 1.165) is 10.5 Å². The molecule has 140 valence electrons. The van der Waals surface area contributed by atoms with Gasteiger partial charge in [-0.25, -0.2) is 14.8 Å². The molecule has 3 heterocycles. The highest BCUT2D eigenvalue weighted by Crippen LogP contribution is 2.29. The molecule has 0 saturated heterocycles. The number of hydrogen-bond acceptors (Lipinski definition) is 7. The van der Waals surface area contributed by atoms with E-state index >= 15 is 0 Å². The van der Waals surface area contributed by atoms with Crippen molar-refractivity contribution < 1.29 is 9.53 Å². The standard InChI is InChI=1S/C20H15N3O3S2/c1-13-4-6-15(7-5-13)28-18-16(3-2-8-21-18)19(25)26-12-14-11-17(24)23-9-10-27-20(23)22-14/h2-11H,12H2,1H3. The molecule has 4 rings (SSSR count). The molecular weight excluding hydrogens is 394 g/mol. The Morgan fingerprint density at radius 3 is 2.89 bits per heavy atom. The van der Waals surface area contributed by atoms with E-state index in [4.69, 9.17) is 4.74 Å². The number of carbonyl (C=O) groups is 1. The molecule has 0 spiro atoms. The number of pyridine rings is 1. The van der Waals surface area contributed by atoms with Crippen LogP contribution in [0.15, 0.2) is 75.0 Å². The molecule has 0 fully saturated rings. The molecule has 0 radical (unpaired) electrons. The number of nitrogens with zero attached hydrogens (tertiary/aromatic N) is 3. The maximum atomic E-state index is 12.6. The van der Waals surface area contributed by atoms with E-state index in [0.29, 0.717) is 21.2 Å². The summed E-state index contributed by atoms with van der Waals surface area (Å²) < 4.78 is 6.85. The van der Waals surface area contributed by atoms with Gasteiger partial charge in [-0.3, -0.25) is 9.20 Å². The summed E-state index contributed by atoms with van der Waals surface area (Å²) in [4.78, 5) is 34.8. The number of aromatic nitrogens is 3. The largest absolute Gasteiger partial charge is 0.456 e. The summed E-state index contributed by atoms with van der Waals surface area (Å²) in [5, 5.41) is 2.35. The van der Waals surface area contributed by atoms with Crippen LogP contribution < -0.4 is 5.56 Å². The summed E-state index contributed by atoms with van der Waals surface area (Å²) in [5.74, 6) is -0.504. The van der Waals surface area contributed by atoms with Gasteiger partial charge in [-0.15, -0.1) is 11.3 Å². The van der Waals surface area contributed by atoms with E-state index < -0.39 is 5.97 Å². The van der Waals surface area contributed by atoms with E-state index in [1.165, 1.54) is 33.6 Å². The number of carbonyl (C=O) groups excluding carboxylic acids is 1. The number of benzene rings is 1. The molecule has 0 bridgehead atoms. The molecule has 0 N–H and O–H groups in total. The third kappa shape index (κ3) is 3.97. The molecule has 1 aromatic carbocycles. The van der Waals surface area contributed by atoms with Crippen molar-refractivity contribution in [2.24, 2.45) is 0 Å². The molecule has 0 unspecified atom stereocenters. The normalized spacial score (nSPS) is 10.9. The van der Waals surface area contributed by atoms with E-state index in [9.17, 15) is 9.59 Å². The van der Waals surface area contributed by atoms with Gasteiger partial charge in [0.1, 0.15) is 11.6 Å². The van der Waals surface area contributed by atoms with Crippen LogP contribution in [0.4, 0.5) is 0 Å². The van der Waals surface area contributed by atoms with Crippen molar-refractivity contribution in [3.63, 3.8) is 0 Å². The Hall–Kier alpha value is -2.97. The zero-order valence-corrected chi connectivity index (χ0v) is 16.5. The van der Waals surface area contributed by atoms with Crippen molar-refractivity contribution in [3.8, 4) is 0 Å². The second kappa shape index (κ2) is 7.95. The van der Waals surface area contributed by atoms with Crippen LogP contribution in [0, 0.1) is 6.92 Å². The quantitative estimate of drug-likeness (QED) is 0.465. The maximum absolute atomic E-state index is 12.6. The third-order valence-corrected chi connectivity index (χ3v) is 5.72. The summed E-state index contributed by atoms with van der Waals surface area (Å²) in [6.45, 7) is 1.94. The van der Waals surface area contributed by atoms with Crippen molar-refractivity contribution in [1.29, 1.82) is 0 Å². The summed E-state index contributed by atoms with van der Waals surface area (Å²) >= 11 is 2.75. The minimum Gasteiger partial charge on any atom is -0.456 e. The zero-order chi connectivity index (χ0) is 19.5. The Bertz CT molecular complexity index is 1200. The second-order valence-corrected chi connectivity index (χ2v) is 7.92. The van der Waals surface area contributed by atoms with E-state index in [1.807, 2.05) is 31.2 Å². The molecule has 28 heavy (non-hydrogen) atoms. The van der Waals surface area contributed by atoms with Gasteiger partial charge in [0, 0.05) is 28.7 Å². The third-order valence-electron chi connectivity index (χ3n) is 3.93. The first kappa shape index (κ1) is 18.4. The van der Waals surface area contributed by atoms with Crippen LogP contribution in [0.25, 0.3) is 4.96 Å². The van der Waals surface area contributed by atoms with Gasteiger partial charge in [-0.2, -0.15) is 0 Å². The van der Waals surface area contributed by atoms with Gasteiger partial charge in [0.25, 0.3) is 5.56 Å². The first-order valence-corrected chi connectivity index (χ1v) is 10.1. The number of thiazole rings is 1. The molecule has 6 nitrogen and oxygen atoms in total. The zero-order valence-electron chi connectivity index (χ0n) is 14.9. The molecule has 0 aliphatic carbocycles. The average molecular weight is 409 g/mol. The second-order valence-electron chi connectivity index (χ2n) is 5.99. The van der Waals surface area contributed by atoms with Crippen molar-refractivity contribution in [2.45, 2.75) is 23.5 Å². The topological polar surface area (TPSA) is 73.6 Å². The summed E-state index contributed by atoms with van der Waals surface area (Å²) in [6, 6.07) is 12.7. The fourth-order valence-electron chi connectivity index (χ4n) is 2.52. The van der Waals surface area contributed by atoms with Gasteiger partial charge in [-0.05, 0) is 31.2 Å². The van der Waals surface area contributed by atoms with Crippen LogP contribution in [0.3, 0.4) is 0 Å². The number of esters is 1. The Balaban J connectivity index is 1.51. The Labute approximate surface area is 168 Å². The predicted octanol–water partition coefficient (Wildman–Crippen LogP) is 3.97. The highest BCUT2D eigenvalue weighted by Gasteiger charge is 2.16. The number of rotatable bonds is 5. The van der Waals surface area contributed by atoms with Gasteiger partial charge >= 0.3 is 5.97 Å². The smallest absolute Gasteiger partial charge is 0.341 e. The van der Waals surface area contributed by atoms with Crippen LogP contribution in [-0.2, 0) is 11.3 Å². The first-order chi connectivity index (χ1) is 13.6. The summed E-state index contributed by atoms with van der Waals surface area (Å²) in [7, 11) is 0. The fourth-order valence-corrected chi connectivity index (χ4v) is 4.13. The number of fused-ring (bicyclic) bond motifs is 1. The van der Waals surface area contributed by atoms with Crippen LogP contribution in [0.1, 0.15) is 21.6 Å². The van der Waals surface area contributed by atoms with Crippen LogP contribution in [-0.4, -0.2) is 20.3 Å². The monoisotopic (exact) mass is 409 g/mol. The Kier molecular flexibility index (Phi) is 5.23. The fraction of sp³-hybridized carbons (Fsp3) is 0.100.